The van der Waals surface area contributed by atoms with Gasteiger partial charge in [-0.2, -0.15) is 0 Å². The average molecular weight is 488 g/mol. The summed E-state index contributed by atoms with van der Waals surface area (Å²) in [6.07, 6.45) is 1.26. The van der Waals surface area contributed by atoms with Gasteiger partial charge in [-0.05, 0) is 43.3 Å². The first-order valence-electron chi connectivity index (χ1n) is 11.4. The van der Waals surface area contributed by atoms with Gasteiger partial charge in [0.2, 0.25) is 0 Å². The summed E-state index contributed by atoms with van der Waals surface area (Å²) in [5, 5.41) is 10.9. The number of urea groups is 1. The van der Waals surface area contributed by atoms with Crippen molar-refractivity contribution in [1.29, 1.82) is 0 Å². The molecule has 2 aliphatic heterocycles. The summed E-state index contributed by atoms with van der Waals surface area (Å²) in [4.78, 5) is 34.2. The molecule has 5 rings (SSSR count). The fourth-order valence-electron chi connectivity index (χ4n) is 4.71. The highest BCUT2D eigenvalue weighted by molar-refractivity contribution is 6.06. The number of amides is 3. The van der Waals surface area contributed by atoms with Crippen LogP contribution in [0.2, 0.25) is 0 Å². The Hall–Kier alpha value is -4.29. The molecule has 0 saturated carbocycles. The molecule has 2 aromatic carbocycles. The van der Waals surface area contributed by atoms with E-state index in [0.29, 0.717) is 16.2 Å². The number of aliphatic hydroxyl groups excluding tert-OH is 1. The second-order valence-electron chi connectivity index (χ2n) is 8.83. The van der Waals surface area contributed by atoms with Gasteiger partial charge in [-0.15, -0.1) is 0 Å². The van der Waals surface area contributed by atoms with Crippen molar-refractivity contribution >= 4 is 23.3 Å². The molecule has 36 heavy (non-hydrogen) atoms. The Morgan fingerprint density at radius 2 is 1.61 bits per heavy atom. The molecule has 0 aliphatic carbocycles. The van der Waals surface area contributed by atoms with E-state index in [1.54, 1.807) is 55.7 Å². The quantitative estimate of drug-likeness (QED) is 0.560. The Labute approximate surface area is 206 Å². The van der Waals surface area contributed by atoms with Crippen LogP contribution in [0.25, 0.3) is 0 Å². The third kappa shape index (κ3) is 3.95. The molecule has 3 aromatic rings. The zero-order valence-corrected chi connectivity index (χ0v) is 19.4. The van der Waals surface area contributed by atoms with E-state index in [9.17, 15) is 14.7 Å². The Kier molecular flexibility index (Phi) is 5.90. The molecule has 2 unspecified atom stereocenters. The minimum Gasteiger partial charge on any atom is -0.373 e. The maximum absolute atomic E-state index is 15.1. The molecule has 1 aromatic heterocycles. The lowest BCUT2D eigenvalue weighted by atomic mass is 9.87. The van der Waals surface area contributed by atoms with Crippen LogP contribution in [0.5, 0.6) is 0 Å². The number of carbonyl (C=O) groups is 2. The fourth-order valence-corrected chi connectivity index (χ4v) is 4.71. The molecule has 182 valence electrons. The van der Waals surface area contributed by atoms with Gasteiger partial charge in [0.05, 0.1) is 0 Å². The third-order valence-electron chi connectivity index (χ3n) is 6.52. The number of anilines is 2. The van der Waals surface area contributed by atoms with Crippen LogP contribution in [0.4, 0.5) is 25.0 Å². The molecule has 3 amide bonds. The minimum atomic E-state index is -1.62. The fraction of sp³-hybridized carbons (Fsp3) is 0.222. The summed E-state index contributed by atoms with van der Waals surface area (Å²) >= 11 is 0. The lowest BCUT2D eigenvalue weighted by Crippen LogP contribution is -2.73. The largest absolute Gasteiger partial charge is 0.373 e. The van der Waals surface area contributed by atoms with Crippen molar-refractivity contribution in [3.63, 3.8) is 0 Å². The number of rotatable bonds is 2. The number of aromatic nitrogens is 1. The molecule has 0 spiro atoms. The van der Waals surface area contributed by atoms with Gasteiger partial charge in [0, 0.05) is 48.7 Å². The number of fused-ring (bicyclic) bond motifs is 1. The molecule has 1 N–H and O–H groups in total. The van der Waals surface area contributed by atoms with Crippen LogP contribution in [-0.4, -0.2) is 51.8 Å². The number of aliphatic hydroxyl groups is 1. The second-order valence-corrected chi connectivity index (χ2v) is 8.83. The molecular formula is C27H22F2N4O3. The molecule has 2 aliphatic rings. The number of carbonyl (C=O) groups excluding carboxylic acids is 2. The van der Waals surface area contributed by atoms with Crippen molar-refractivity contribution in [2.24, 2.45) is 0 Å². The first-order valence-corrected chi connectivity index (χ1v) is 11.4. The minimum absolute atomic E-state index is 0.0857. The predicted octanol–water partition coefficient (Wildman–Crippen LogP) is 3.52. The first kappa shape index (κ1) is 23.5. The van der Waals surface area contributed by atoms with Crippen LogP contribution in [0.15, 0.2) is 67.0 Å². The predicted molar refractivity (Wildman–Crippen MR) is 129 cm³/mol. The monoisotopic (exact) mass is 488 g/mol. The molecule has 0 radical (unpaired) electrons. The molecule has 7 nitrogen and oxygen atoms in total. The average Bonchev–Trinajstić information content (AvgIpc) is 2.86. The Balaban J connectivity index is 1.44. The molecule has 2 atom stereocenters. The van der Waals surface area contributed by atoms with E-state index >= 15 is 8.78 Å². The molecule has 3 heterocycles. The maximum atomic E-state index is 15.1. The van der Waals surface area contributed by atoms with Gasteiger partial charge in [0.1, 0.15) is 17.5 Å². The van der Waals surface area contributed by atoms with Gasteiger partial charge >= 0.3 is 6.03 Å². The number of hydrogen-bond acceptors (Lipinski definition) is 4. The maximum Gasteiger partial charge on any atom is 0.327 e. The van der Waals surface area contributed by atoms with Crippen molar-refractivity contribution in [3.05, 3.63) is 89.8 Å². The van der Waals surface area contributed by atoms with Gasteiger partial charge in [-0.25, -0.2) is 13.6 Å². The number of pyridine rings is 1. The summed E-state index contributed by atoms with van der Waals surface area (Å²) < 4.78 is 30.3. The standard InChI is InChI=1S/C27H22F2N4O3/c1-27-17-23(34)33(26(36)32(27)14-13-31(25(27)35)20-9-11-30-12-10-20)24-21(28)15-19(16-22(24)29)8-7-18-5-3-2-4-6-18/h2-6,9-12,15-16,23,34H,13-14,17H2,1H3. The van der Waals surface area contributed by atoms with E-state index in [1.165, 1.54) is 9.80 Å². The summed E-state index contributed by atoms with van der Waals surface area (Å²) in [5.74, 6) is 3.08. The number of nitrogens with zero attached hydrogens (tertiary/aromatic N) is 4. The van der Waals surface area contributed by atoms with Crippen molar-refractivity contribution in [2.45, 2.75) is 25.1 Å². The third-order valence-corrected chi connectivity index (χ3v) is 6.52. The zero-order chi connectivity index (χ0) is 25.4. The van der Waals surface area contributed by atoms with Gasteiger partial charge in [-0.1, -0.05) is 30.0 Å². The number of benzene rings is 2. The van der Waals surface area contributed by atoms with Crippen LogP contribution < -0.4 is 9.80 Å². The summed E-state index contributed by atoms with van der Waals surface area (Å²) in [6.45, 7) is 1.86. The van der Waals surface area contributed by atoms with Gasteiger partial charge < -0.3 is 14.9 Å². The van der Waals surface area contributed by atoms with Crippen LogP contribution in [0.1, 0.15) is 24.5 Å². The summed E-state index contributed by atoms with van der Waals surface area (Å²) in [6, 6.07) is 13.5. The van der Waals surface area contributed by atoms with Crippen molar-refractivity contribution < 1.29 is 23.5 Å². The van der Waals surface area contributed by atoms with Crippen LogP contribution in [-0.2, 0) is 4.79 Å². The first-order chi connectivity index (χ1) is 17.3. The Bertz CT molecular complexity index is 1370. The van der Waals surface area contributed by atoms with Gasteiger partial charge in [0.25, 0.3) is 5.91 Å². The smallest absolute Gasteiger partial charge is 0.327 e. The Morgan fingerprint density at radius 1 is 0.972 bits per heavy atom. The van der Waals surface area contributed by atoms with Gasteiger partial charge in [0.15, 0.2) is 11.6 Å². The van der Waals surface area contributed by atoms with Crippen LogP contribution in [0.3, 0.4) is 0 Å². The topological polar surface area (TPSA) is 77.0 Å². The highest BCUT2D eigenvalue weighted by atomic mass is 19.1. The summed E-state index contributed by atoms with van der Waals surface area (Å²) in [7, 11) is 0. The number of piperazine rings is 1. The van der Waals surface area contributed by atoms with Crippen molar-refractivity contribution in [2.75, 3.05) is 22.9 Å². The van der Waals surface area contributed by atoms with E-state index in [-0.39, 0.29) is 31.0 Å². The second kappa shape index (κ2) is 9.06. The lowest BCUT2D eigenvalue weighted by Gasteiger charge is -2.53. The van der Waals surface area contributed by atoms with Crippen LogP contribution >= 0.6 is 0 Å². The molecular weight excluding hydrogens is 466 g/mol. The van der Waals surface area contributed by atoms with E-state index in [1.807, 2.05) is 6.07 Å². The highest BCUT2D eigenvalue weighted by Gasteiger charge is 2.55. The van der Waals surface area contributed by atoms with E-state index in [2.05, 4.69) is 16.8 Å². The molecule has 0 bridgehead atoms. The van der Waals surface area contributed by atoms with E-state index in [4.69, 9.17) is 0 Å². The number of halogens is 2. The molecule has 9 heteroatoms. The summed E-state index contributed by atoms with van der Waals surface area (Å²) in [5.41, 5.74) is -0.683. The van der Waals surface area contributed by atoms with Gasteiger partial charge in [-0.3, -0.25) is 14.7 Å². The molecule has 2 fully saturated rings. The van der Waals surface area contributed by atoms with E-state index < -0.39 is 35.1 Å². The van der Waals surface area contributed by atoms with Crippen molar-refractivity contribution in [3.8, 4) is 11.8 Å². The number of hydrogen-bond donors (Lipinski definition) is 1. The Morgan fingerprint density at radius 3 is 2.28 bits per heavy atom. The lowest BCUT2D eigenvalue weighted by molar-refractivity contribution is -0.134. The van der Waals surface area contributed by atoms with Crippen LogP contribution in [0, 0.1) is 23.5 Å². The normalized spacial score (nSPS) is 21.7. The zero-order valence-electron chi connectivity index (χ0n) is 19.4. The SMILES string of the molecule is CC12CC(O)N(c3c(F)cc(C#Cc4ccccc4)cc3F)C(=O)N1CCN(c1ccncc1)C2=O. The highest BCUT2D eigenvalue weighted by Crippen LogP contribution is 2.39. The van der Waals surface area contributed by atoms with E-state index in [0.717, 1.165) is 12.1 Å². The van der Waals surface area contributed by atoms with Crippen molar-refractivity contribution in [1.82, 2.24) is 9.88 Å². The molecule has 2 saturated heterocycles.